The molecule has 1 aromatic heterocycles. The maximum atomic E-state index is 6.11. The van der Waals surface area contributed by atoms with Gasteiger partial charge in [-0.05, 0) is 56.5 Å². The van der Waals surface area contributed by atoms with Crippen LogP contribution >= 0.6 is 15.9 Å². The van der Waals surface area contributed by atoms with E-state index in [4.69, 9.17) is 4.42 Å². The quantitative estimate of drug-likeness (QED) is 0.736. The van der Waals surface area contributed by atoms with Gasteiger partial charge in [0.1, 0.15) is 11.3 Å². The highest BCUT2D eigenvalue weighted by Crippen LogP contribution is 2.34. The summed E-state index contributed by atoms with van der Waals surface area (Å²) in [7, 11) is 0. The van der Waals surface area contributed by atoms with Crippen molar-refractivity contribution in [3.8, 4) is 0 Å². The third-order valence-corrected chi connectivity index (χ3v) is 4.99. The number of aryl methyl sites for hydroxylation is 2. The zero-order valence-corrected chi connectivity index (χ0v) is 14.4. The zero-order valence-electron chi connectivity index (χ0n) is 12.8. The van der Waals surface area contributed by atoms with Crippen molar-refractivity contribution in [1.82, 2.24) is 5.32 Å². The van der Waals surface area contributed by atoms with Crippen LogP contribution in [0.25, 0.3) is 11.0 Å². The van der Waals surface area contributed by atoms with Crippen LogP contribution in [-0.4, -0.2) is 6.54 Å². The Morgan fingerprint density at radius 2 is 1.95 bits per heavy atom. The van der Waals surface area contributed by atoms with E-state index in [-0.39, 0.29) is 0 Å². The summed E-state index contributed by atoms with van der Waals surface area (Å²) in [6, 6.07) is 4.65. The molecule has 0 radical (unpaired) electrons. The lowest BCUT2D eigenvalue weighted by molar-refractivity contribution is 0.408. The number of halogens is 1. The van der Waals surface area contributed by atoms with Crippen LogP contribution in [0, 0.1) is 13.8 Å². The molecule has 1 N–H and O–H groups in total. The number of benzene rings is 1. The fourth-order valence-electron chi connectivity index (χ4n) is 2.62. The Balaban J connectivity index is 2.41. The molecule has 3 heteroatoms. The number of furan rings is 1. The minimum Gasteiger partial charge on any atom is -0.459 e. The van der Waals surface area contributed by atoms with Crippen LogP contribution in [0.1, 0.15) is 56.0 Å². The Hall–Kier alpha value is -0.800. The Labute approximate surface area is 130 Å². The van der Waals surface area contributed by atoms with Gasteiger partial charge in [0.2, 0.25) is 0 Å². The Morgan fingerprint density at radius 1 is 1.20 bits per heavy atom. The highest BCUT2D eigenvalue weighted by molar-refractivity contribution is 9.10. The lowest BCUT2D eigenvalue weighted by atomic mass is 10.1. The average molecular weight is 338 g/mol. The second kappa shape index (κ2) is 6.77. The Bertz CT molecular complexity index is 588. The van der Waals surface area contributed by atoms with E-state index >= 15 is 0 Å². The lowest BCUT2D eigenvalue weighted by Crippen LogP contribution is -2.21. The summed E-state index contributed by atoms with van der Waals surface area (Å²) in [6.07, 6.45) is 3.41. The van der Waals surface area contributed by atoms with Gasteiger partial charge in [0.05, 0.1) is 6.04 Å². The molecule has 2 nitrogen and oxygen atoms in total. The molecule has 1 unspecified atom stereocenters. The third-order valence-electron chi connectivity index (χ3n) is 3.77. The van der Waals surface area contributed by atoms with Gasteiger partial charge in [0.25, 0.3) is 0 Å². The van der Waals surface area contributed by atoms with Crippen LogP contribution in [0.15, 0.2) is 21.0 Å². The molecule has 2 aromatic rings. The average Bonchev–Trinajstić information content (AvgIpc) is 2.84. The maximum absolute atomic E-state index is 6.11. The van der Waals surface area contributed by atoms with Crippen LogP contribution in [0.3, 0.4) is 0 Å². The van der Waals surface area contributed by atoms with Gasteiger partial charge in [0.15, 0.2) is 0 Å². The van der Waals surface area contributed by atoms with Gasteiger partial charge in [-0.2, -0.15) is 0 Å². The first-order valence-electron chi connectivity index (χ1n) is 7.51. The van der Waals surface area contributed by atoms with Crippen LogP contribution in [-0.2, 0) is 0 Å². The summed E-state index contributed by atoms with van der Waals surface area (Å²) in [6.45, 7) is 9.70. The number of nitrogens with one attached hydrogen (secondary N) is 1. The minimum absolute atomic E-state index is 0.325. The van der Waals surface area contributed by atoms with Crippen molar-refractivity contribution >= 4 is 26.9 Å². The molecule has 1 aromatic carbocycles. The number of hydrogen-bond acceptors (Lipinski definition) is 2. The standard InChI is InChI=1S/C17H24BrNO/c1-5-7-14(19-8-6-2)16-10-13-12(4)17(18)11(3)9-15(13)20-16/h9-10,14,19H,5-8H2,1-4H3. The van der Waals surface area contributed by atoms with Crippen LogP contribution in [0.5, 0.6) is 0 Å². The van der Waals surface area contributed by atoms with Crippen LogP contribution in [0.2, 0.25) is 0 Å². The van der Waals surface area contributed by atoms with Gasteiger partial charge >= 0.3 is 0 Å². The van der Waals surface area contributed by atoms with E-state index < -0.39 is 0 Å². The van der Waals surface area contributed by atoms with E-state index in [0.717, 1.165) is 37.2 Å². The summed E-state index contributed by atoms with van der Waals surface area (Å²) >= 11 is 3.66. The van der Waals surface area contributed by atoms with E-state index in [1.54, 1.807) is 0 Å². The van der Waals surface area contributed by atoms with Gasteiger partial charge in [-0.3, -0.25) is 0 Å². The van der Waals surface area contributed by atoms with Crippen molar-refractivity contribution in [2.45, 2.75) is 53.0 Å². The molecular weight excluding hydrogens is 314 g/mol. The predicted molar refractivity (Wildman–Crippen MR) is 89.3 cm³/mol. The summed E-state index contributed by atoms with van der Waals surface area (Å²) in [5.74, 6) is 1.07. The van der Waals surface area contributed by atoms with E-state index in [9.17, 15) is 0 Å². The molecule has 0 aliphatic heterocycles. The third kappa shape index (κ3) is 3.09. The Kier molecular flexibility index (Phi) is 5.28. The normalized spacial score (nSPS) is 13.1. The van der Waals surface area contributed by atoms with E-state index in [1.165, 1.54) is 21.0 Å². The summed E-state index contributed by atoms with van der Waals surface area (Å²) in [5.41, 5.74) is 3.49. The molecule has 1 atom stereocenters. The van der Waals surface area contributed by atoms with Crippen molar-refractivity contribution < 1.29 is 4.42 Å². The van der Waals surface area contributed by atoms with E-state index in [0.29, 0.717) is 6.04 Å². The van der Waals surface area contributed by atoms with Crippen LogP contribution in [0.4, 0.5) is 0 Å². The molecule has 1 heterocycles. The topological polar surface area (TPSA) is 25.2 Å². The molecule has 0 spiro atoms. The fourth-order valence-corrected chi connectivity index (χ4v) is 2.95. The molecule has 0 saturated heterocycles. The Morgan fingerprint density at radius 3 is 2.60 bits per heavy atom. The predicted octanol–water partition coefficient (Wildman–Crippen LogP) is 5.65. The number of rotatable bonds is 6. The molecular formula is C17H24BrNO. The van der Waals surface area contributed by atoms with Gasteiger partial charge < -0.3 is 9.73 Å². The van der Waals surface area contributed by atoms with Gasteiger partial charge in [-0.25, -0.2) is 0 Å². The minimum atomic E-state index is 0.325. The second-order valence-corrected chi connectivity index (χ2v) is 6.28. The molecule has 2 rings (SSSR count). The lowest BCUT2D eigenvalue weighted by Gasteiger charge is -2.14. The molecule has 0 amide bonds. The first-order chi connectivity index (χ1) is 9.58. The van der Waals surface area contributed by atoms with Crippen molar-refractivity contribution in [3.05, 3.63) is 33.5 Å². The van der Waals surface area contributed by atoms with Crippen molar-refractivity contribution in [3.63, 3.8) is 0 Å². The molecule has 0 aliphatic rings. The monoisotopic (exact) mass is 337 g/mol. The maximum Gasteiger partial charge on any atom is 0.134 e. The van der Waals surface area contributed by atoms with Crippen LogP contribution < -0.4 is 5.32 Å². The van der Waals surface area contributed by atoms with Crippen molar-refractivity contribution in [1.29, 1.82) is 0 Å². The van der Waals surface area contributed by atoms with E-state index in [2.05, 4.69) is 61.1 Å². The highest BCUT2D eigenvalue weighted by atomic mass is 79.9. The van der Waals surface area contributed by atoms with Gasteiger partial charge in [-0.1, -0.05) is 36.2 Å². The SMILES string of the molecule is CCCNC(CCC)c1cc2c(C)c(Br)c(C)cc2o1. The fraction of sp³-hybridized carbons (Fsp3) is 0.529. The van der Waals surface area contributed by atoms with Gasteiger partial charge in [0, 0.05) is 9.86 Å². The zero-order chi connectivity index (χ0) is 14.7. The summed E-state index contributed by atoms with van der Waals surface area (Å²) in [4.78, 5) is 0. The van der Waals surface area contributed by atoms with E-state index in [1.807, 2.05) is 0 Å². The molecule has 0 bridgehead atoms. The molecule has 20 heavy (non-hydrogen) atoms. The summed E-state index contributed by atoms with van der Waals surface area (Å²) in [5, 5.41) is 4.81. The van der Waals surface area contributed by atoms with Crippen molar-refractivity contribution in [2.75, 3.05) is 6.54 Å². The molecule has 0 saturated carbocycles. The highest BCUT2D eigenvalue weighted by Gasteiger charge is 2.17. The number of fused-ring (bicyclic) bond motifs is 1. The first kappa shape index (κ1) is 15.6. The second-order valence-electron chi connectivity index (χ2n) is 5.49. The molecule has 0 fully saturated rings. The largest absolute Gasteiger partial charge is 0.459 e. The van der Waals surface area contributed by atoms with Crippen molar-refractivity contribution in [2.24, 2.45) is 0 Å². The summed E-state index contributed by atoms with van der Waals surface area (Å²) < 4.78 is 7.30. The van der Waals surface area contributed by atoms with Gasteiger partial charge in [-0.15, -0.1) is 0 Å². The molecule has 0 aliphatic carbocycles. The molecule has 110 valence electrons. The smallest absolute Gasteiger partial charge is 0.134 e. The number of hydrogen-bond donors (Lipinski definition) is 1. The first-order valence-corrected chi connectivity index (χ1v) is 8.30.